The Balaban J connectivity index is 1.40. The molecule has 1 fully saturated rings. The van der Waals surface area contributed by atoms with Gasteiger partial charge in [-0.15, -0.1) is 0 Å². The van der Waals surface area contributed by atoms with Crippen LogP contribution in [0.2, 0.25) is 5.02 Å². The molecule has 43 heavy (non-hydrogen) atoms. The van der Waals surface area contributed by atoms with Gasteiger partial charge in [-0.3, -0.25) is 24.4 Å². The van der Waals surface area contributed by atoms with Crippen LogP contribution >= 0.6 is 11.6 Å². The molecule has 1 saturated heterocycles. The van der Waals surface area contributed by atoms with Gasteiger partial charge in [-0.25, -0.2) is 4.98 Å². The molecule has 4 aromatic rings. The maximum absolute atomic E-state index is 13.6. The van der Waals surface area contributed by atoms with E-state index in [1.165, 1.54) is 4.90 Å². The van der Waals surface area contributed by atoms with Crippen LogP contribution in [-0.2, 0) is 9.53 Å². The number of anilines is 1. The van der Waals surface area contributed by atoms with Gasteiger partial charge in [0, 0.05) is 43.6 Å². The van der Waals surface area contributed by atoms with Crippen molar-refractivity contribution in [2.75, 3.05) is 65.5 Å². The van der Waals surface area contributed by atoms with E-state index in [2.05, 4.69) is 10.2 Å². The molecule has 0 unspecified atom stereocenters. The lowest BCUT2D eigenvalue weighted by Gasteiger charge is -2.30. The molecule has 0 atom stereocenters. The van der Waals surface area contributed by atoms with E-state index in [9.17, 15) is 9.59 Å². The van der Waals surface area contributed by atoms with Crippen LogP contribution < -0.4 is 14.8 Å². The van der Waals surface area contributed by atoms with E-state index >= 15 is 0 Å². The predicted molar refractivity (Wildman–Crippen MR) is 165 cm³/mol. The molecule has 1 aliphatic rings. The van der Waals surface area contributed by atoms with Crippen LogP contribution in [0.15, 0.2) is 79.0 Å². The summed E-state index contributed by atoms with van der Waals surface area (Å²) in [5.74, 6) is 1.06. The maximum Gasteiger partial charge on any atom is 0.255 e. The molecule has 0 aliphatic carbocycles. The second-order valence-electron chi connectivity index (χ2n) is 9.96. The second kappa shape index (κ2) is 14.2. The Bertz CT molecular complexity index is 1530. The Hall–Kier alpha value is -4.38. The van der Waals surface area contributed by atoms with Crippen molar-refractivity contribution >= 4 is 29.4 Å². The van der Waals surface area contributed by atoms with Gasteiger partial charge in [0.05, 0.1) is 43.7 Å². The fourth-order valence-electron chi connectivity index (χ4n) is 4.79. The van der Waals surface area contributed by atoms with Gasteiger partial charge in [-0.1, -0.05) is 23.7 Å². The standard InChI is InChI=1S/C32H34ClN5O5/c1-41-25-11-7-23(8-12-25)29-21-38(24-9-13-26(42-2)14-10-24)32(34-29)35-30(39)22-37(16-15-36-17-19-43-20-18-36)31(40)27-5-3-4-6-28(27)33/h3-14,21H,15-20,22H2,1-2H3,(H,34,35,39). The van der Waals surface area contributed by atoms with Gasteiger partial charge in [-0.05, 0) is 60.7 Å². The zero-order chi connectivity index (χ0) is 30.2. The highest BCUT2D eigenvalue weighted by Crippen LogP contribution is 2.27. The molecule has 3 aromatic carbocycles. The van der Waals surface area contributed by atoms with Crippen LogP contribution in [-0.4, -0.2) is 91.3 Å². The van der Waals surface area contributed by atoms with E-state index in [4.69, 9.17) is 30.8 Å². The highest BCUT2D eigenvalue weighted by atomic mass is 35.5. The first-order valence-corrected chi connectivity index (χ1v) is 14.3. The number of hydrogen-bond donors (Lipinski definition) is 1. The lowest BCUT2D eigenvalue weighted by Crippen LogP contribution is -2.45. The topological polar surface area (TPSA) is 98.2 Å². The van der Waals surface area contributed by atoms with E-state index in [0.717, 1.165) is 30.1 Å². The van der Waals surface area contributed by atoms with Gasteiger partial charge in [-0.2, -0.15) is 0 Å². The molecular formula is C32H34ClN5O5. The van der Waals surface area contributed by atoms with Crippen molar-refractivity contribution in [3.63, 3.8) is 0 Å². The number of ether oxygens (including phenoxy) is 3. The predicted octanol–water partition coefficient (Wildman–Crippen LogP) is 4.62. The maximum atomic E-state index is 13.6. The Morgan fingerprint density at radius 2 is 1.60 bits per heavy atom. The van der Waals surface area contributed by atoms with Crippen molar-refractivity contribution in [1.82, 2.24) is 19.4 Å². The zero-order valence-corrected chi connectivity index (χ0v) is 24.9. The fourth-order valence-corrected chi connectivity index (χ4v) is 5.01. The first-order chi connectivity index (χ1) is 20.9. The van der Waals surface area contributed by atoms with Crippen LogP contribution in [0.5, 0.6) is 11.5 Å². The Kier molecular flexibility index (Phi) is 9.93. The zero-order valence-electron chi connectivity index (χ0n) is 24.2. The first kappa shape index (κ1) is 30.1. The molecule has 1 aromatic heterocycles. The molecule has 10 nitrogen and oxygen atoms in total. The summed E-state index contributed by atoms with van der Waals surface area (Å²) in [5.41, 5.74) is 2.63. The summed E-state index contributed by atoms with van der Waals surface area (Å²) >= 11 is 6.36. The third kappa shape index (κ3) is 7.53. The van der Waals surface area contributed by atoms with Crippen LogP contribution in [0.3, 0.4) is 0 Å². The lowest BCUT2D eigenvalue weighted by atomic mass is 10.1. The van der Waals surface area contributed by atoms with E-state index in [1.54, 1.807) is 43.1 Å². The third-order valence-corrected chi connectivity index (χ3v) is 7.54. The molecular weight excluding hydrogens is 570 g/mol. The number of imidazole rings is 1. The van der Waals surface area contributed by atoms with Crippen molar-refractivity contribution in [2.24, 2.45) is 0 Å². The van der Waals surface area contributed by atoms with Crippen molar-refractivity contribution in [2.45, 2.75) is 0 Å². The summed E-state index contributed by atoms with van der Waals surface area (Å²) in [7, 11) is 3.22. The summed E-state index contributed by atoms with van der Waals surface area (Å²) in [6, 6.07) is 21.8. The molecule has 0 spiro atoms. The number of methoxy groups -OCH3 is 2. The van der Waals surface area contributed by atoms with Gasteiger partial charge >= 0.3 is 0 Å². The lowest BCUT2D eigenvalue weighted by molar-refractivity contribution is -0.117. The number of amides is 2. The third-order valence-electron chi connectivity index (χ3n) is 7.21. The number of rotatable bonds is 11. The monoisotopic (exact) mass is 603 g/mol. The Labute approximate surface area is 255 Å². The van der Waals surface area contributed by atoms with Crippen LogP contribution in [0, 0.1) is 0 Å². The number of halogens is 1. The number of carbonyl (C=O) groups is 2. The number of aromatic nitrogens is 2. The molecule has 11 heteroatoms. The molecule has 0 saturated carbocycles. The summed E-state index contributed by atoms with van der Waals surface area (Å²) in [5, 5.41) is 3.27. The van der Waals surface area contributed by atoms with E-state index in [-0.39, 0.29) is 18.4 Å². The SMILES string of the molecule is COc1ccc(-c2cn(-c3ccc(OC)cc3)c(NC(=O)CN(CCN3CCOCC3)C(=O)c3ccccc3Cl)n2)cc1. The number of carbonyl (C=O) groups excluding carboxylic acids is 2. The molecule has 1 aliphatic heterocycles. The molecule has 5 rings (SSSR count). The van der Waals surface area contributed by atoms with Gasteiger partial charge in [0.2, 0.25) is 11.9 Å². The largest absolute Gasteiger partial charge is 0.497 e. The second-order valence-corrected chi connectivity index (χ2v) is 10.4. The van der Waals surface area contributed by atoms with Gasteiger partial charge < -0.3 is 19.1 Å². The van der Waals surface area contributed by atoms with E-state index in [0.29, 0.717) is 54.3 Å². The molecule has 1 N–H and O–H groups in total. The highest BCUT2D eigenvalue weighted by molar-refractivity contribution is 6.33. The molecule has 0 radical (unpaired) electrons. The summed E-state index contributed by atoms with van der Waals surface area (Å²) in [6.45, 7) is 3.60. The average Bonchev–Trinajstić information content (AvgIpc) is 3.47. The number of nitrogens with zero attached hydrogens (tertiary/aromatic N) is 4. The Morgan fingerprint density at radius 3 is 2.26 bits per heavy atom. The molecule has 224 valence electrons. The molecule has 2 amide bonds. The highest BCUT2D eigenvalue weighted by Gasteiger charge is 2.23. The Morgan fingerprint density at radius 1 is 0.953 bits per heavy atom. The normalized spacial score (nSPS) is 13.4. The van der Waals surface area contributed by atoms with Crippen LogP contribution in [0.1, 0.15) is 10.4 Å². The number of benzene rings is 3. The van der Waals surface area contributed by atoms with Gasteiger partial charge in [0.1, 0.15) is 18.0 Å². The minimum Gasteiger partial charge on any atom is -0.497 e. The van der Waals surface area contributed by atoms with Gasteiger partial charge in [0.15, 0.2) is 0 Å². The number of hydrogen-bond acceptors (Lipinski definition) is 7. The smallest absolute Gasteiger partial charge is 0.255 e. The minimum atomic E-state index is -0.385. The summed E-state index contributed by atoms with van der Waals surface area (Å²) < 4.78 is 17.8. The summed E-state index contributed by atoms with van der Waals surface area (Å²) in [4.78, 5) is 35.6. The van der Waals surface area contributed by atoms with E-state index in [1.807, 2.05) is 54.7 Å². The average molecular weight is 604 g/mol. The van der Waals surface area contributed by atoms with E-state index < -0.39 is 0 Å². The van der Waals surface area contributed by atoms with Gasteiger partial charge in [0.25, 0.3) is 5.91 Å². The fraction of sp³-hybridized carbons (Fsp3) is 0.281. The van der Waals surface area contributed by atoms with Crippen molar-refractivity contribution in [3.8, 4) is 28.4 Å². The van der Waals surface area contributed by atoms with Crippen LogP contribution in [0.25, 0.3) is 16.9 Å². The van der Waals surface area contributed by atoms with Crippen molar-refractivity contribution in [1.29, 1.82) is 0 Å². The minimum absolute atomic E-state index is 0.179. The first-order valence-electron chi connectivity index (χ1n) is 14.0. The van der Waals surface area contributed by atoms with Crippen LogP contribution in [0.4, 0.5) is 5.95 Å². The number of nitrogens with one attached hydrogen (secondary N) is 1. The molecule has 0 bridgehead atoms. The summed E-state index contributed by atoms with van der Waals surface area (Å²) in [6.07, 6.45) is 1.85. The van der Waals surface area contributed by atoms with Crippen molar-refractivity contribution < 1.29 is 23.8 Å². The van der Waals surface area contributed by atoms with Crippen molar-refractivity contribution in [3.05, 3.63) is 89.6 Å². The molecule has 2 heterocycles. The quantitative estimate of drug-likeness (QED) is 0.267. The number of morpholine rings is 1.